The van der Waals surface area contributed by atoms with Gasteiger partial charge in [-0.15, -0.1) is 11.8 Å². The second-order valence-electron chi connectivity index (χ2n) is 9.51. The number of anilines is 1. The lowest BCUT2D eigenvalue weighted by molar-refractivity contribution is -0.141. The number of para-hydroxylation sites is 1. The number of fused-ring (bicyclic) bond motifs is 1. The summed E-state index contributed by atoms with van der Waals surface area (Å²) in [6.07, 6.45) is 1.42. The fourth-order valence-electron chi connectivity index (χ4n) is 5.92. The number of thioether (sulfide) groups is 1. The zero-order valence-electron chi connectivity index (χ0n) is 19.3. The third-order valence-electron chi connectivity index (χ3n) is 7.47. The Balaban J connectivity index is 1.44. The predicted octanol–water partition coefficient (Wildman–Crippen LogP) is 3.07. The van der Waals surface area contributed by atoms with E-state index in [2.05, 4.69) is 10.6 Å². The molecule has 3 aliphatic heterocycles. The summed E-state index contributed by atoms with van der Waals surface area (Å²) in [4.78, 5) is 42.4. The van der Waals surface area contributed by atoms with E-state index in [1.54, 1.807) is 43.0 Å². The minimum Gasteiger partial charge on any atom is -0.394 e. The lowest BCUT2D eigenvalue weighted by Gasteiger charge is -2.36. The van der Waals surface area contributed by atoms with E-state index in [0.717, 1.165) is 12.0 Å². The van der Waals surface area contributed by atoms with E-state index in [1.165, 1.54) is 4.90 Å². The number of aliphatic hydroxyl groups excluding tert-OH is 1. The predicted molar refractivity (Wildman–Crippen MR) is 136 cm³/mol. The summed E-state index contributed by atoms with van der Waals surface area (Å²) in [6.45, 7) is 1.84. The van der Waals surface area contributed by atoms with Crippen LogP contribution >= 0.6 is 23.4 Å². The standard InChI is InChI=1S/C26H28ClN3O4S/c1-15(14-31)30-22(24(33)29-18-10-6-5-9-17(18)27)26-12-11-19(35-26)20(21(26)25(30)34)23(32)28-13-16-7-3-2-4-8-16/h2-10,15,19-22,31H,11-14H2,1H3,(H,28,32)(H,29,33)/t15-,19-,20+,21+,22?,26?/m1/s1. The molecule has 3 aliphatic rings. The van der Waals surface area contributed by atoms with Crippen molar-refractivity contribution >= 4 is 46.8 Å². The lowest BCUT2D eigenvalue weighted by Crippen LogP contribution is -2.54. The quantitative estimate of drug-likeness (QED) is 0.528. The molecule has 3 amide bonds. The van der Waals surface area contributed by atoms with E-state index in [4.69, 9.17) is 11.6 Å². The largest absolute Gasteiger partial charge is 0.394 e. The van der Waals surface area contributed by atoms with Crippen molar-refractivity contribution in [2.75, 3.05) is 11.9 Å². The Bertz CT molecular complexity index is 1150. The number of amides is 3. The van der Waals surface area contributed by atoms with Crippen LogP contribution in [0, 0.1) is 11.8 Å². The summed E-state index contributed by atoms with van der Waals surface area (Å²) in [6, 6.07) is 15.2. The third-order valence-corrected chi connectivity index (χ3v) is 9.75. The number of hydrogen-bond donors (Lipinski definition) is 3. The molecule has 0 aromatic heterocycles. The van der Waals surface area contributed by atoms with Crippen LogP contribution < -0.4 is 10.6 Å². The normalized spacial score (nSPS) is 29.7. The van der Waals surface area contributed by atoms with Crippen molar-refractivity contribution in [1.29, 1.82) is 0 Å². The van der Waals surface area contributed by atoms with Gasteiger partial charge in [0.15, 0.2) is 0 Å². The van der Waals surface area contributed by atoms with Crippen LogP contribution in [0.5, 0.6) is 0 Å². The molecule has 1 spiro atoms. The van der Waals surface area contributed by atoms with Crippen LogP contribution in [0.25, 0.3) is 0 Å². The molecule has 2 unspecified atom stereocenters. The molecule has 184 valence electrons. The highest BCUT2D eigenvalue weighted by molar-refractivity contribution is 8.02. The molecule has 3 saturated heterocycles. The van der Waals surface area contributed by atoms with Crippen LogP contribution in [-0.2, 0) is 20.9 Å². The molecular weight excluding hydrogens is 486 g/mol. The lowest BCUT2D eigenvalue weighted by atomic mass is 9.70. The first kappa shape index (κ1) is 24.2. The molecule has 0 aliphatic carbocycles. The Hall–Kier alpha value is -2.55. The van der Waals surface area contributed by atoms with Gasteiger partial charge in [0, 0.05) is 11.8 Å². The molecule has 0 radical (unpaired) electrons. The number of nitrogens with one attached hydrogen (secondary N) is 2. The topological polar surface area (TPSA) is 98.7 Å². The monoisotopic (exact) mass is 513 g/mol. The van der Waals surface area contributed by atoms with Gasteiger partial charge < -0.3 is 20.6 Å². The van der Waals surface area contributed by atoms with Gasteiger partial charge >= 0.3 is 0 Å². The van der Waals surface area contributed by atoms with E-state index in [9.17, 15) is 19.5 Å². The Morgan fingerprint density at radius 3 is 2.60 bits per heavy atom. The average molecular weight is 514 g/mol. The van der Waals surface area contributed by atoms with E-state index < -0.39 is 28.7 Å². The van der Waals surface area contributed by atoms with Crippen molar-refractivity contribution in [2.45, 2.75) is 48.4 Å². The summed E-state index contributed by atoms with van der Waals surface area (Å²) in [5.74, 6) is -1.86. The number of aliphatic hydroxyl groups is 1. The van der Waals surface area contributed by atoms with Crippen molar-refractivity contribution in [3.05, 3.63) is 65.2 Å². The molecular formula is C26H28ClN3O4S. The number of nitrogens with zero attached hydrogens (tertiary/aromatic N) is 1. The molecule has 35 heavy (non-hydrogen) atoms. The number of rotatable bonds is 7. The van der Waals surface area contributed by atoms with Gasteiger partial charge in [0.25, 0.3) is 0 Å². The minimum absolute atomic E-state index is 0.0260. The maximum atomic E-state index is 13.8. The number of carbonyl (C=O) groups is 3. The average Bonchev–Trinajstić information content (AvgIpc) is 3.51. The van der Waals surface area contributed by atoms with Crippen LogP contribution in [0.1, 0.15) is 25.3 Å². The van der Waals surface area contributed by atoms with E-state index in [-0.39, 0.29) is 29.6 Å². The smallest absolute Gasteiger partial charge is 0.248 e. The first-order chi connectivity index (χ1) is 16.9. The molecule has 3 N–H and O–H groups in total. The first-order valence-electron chi connectivity index (χ1n) is 11.8. The maximum absolute atomic E-state index is 13.8. The van der Waals surface area contributed by atoms with E-state index in [0.29, 0.717) is 23.7 Å². The summed E-state index contributed by atoms with van der Waals surface area (Å²) >= 11 is 7.87. The zero-order chi connectivity index (χ0) is 24.7. The Morgan fingerprint density at radius 1 is 1.17 bits per heavy atom. The number of likely N-dealkylation sites (tertiary alicyclic amines) is 1. The van der Waals surface area contributed by atoms with Crippen molar-refractivity contribution in [3.8, 4) is 0 Å². The van der Waals surface area contributed by atoms with Gasteiger partial charge in [-0.05, 0) is 37.5 Å². The summed E-state index contributed by atoms with van der Waals surface area (Å²) in [5.41, 5.74) is 1.45. The van der Waals surface area contributed by atoms with E-state index >= 15 is 0 Å². The highest BCUT2D eigenvalue weighted by atomic mass is 35.5. The SMILES string of the molecule is C[C@H](CO)N1C(=O)[C@@H]2[C@@H](C(=O)NCc3ccccc3)[C@H]3CCC2(S3)C1C(=O)Nc1ccccc1Cl. The number of halogens is 1. The van der Waals surface area contributed by atoms with Gasteiger partial charge in [-0.25, -0.2) is 0 Å². The molecule has 5 rings (SSSR count). The molecule has 6 atom stereocenters. The molecule has 3 fully saturated rings. The van der Waals surface area contributed by atoms with Crippen LogP contribution in [0.4, 0.5) is 5.69 Å². The number of benzene rings is 2. The van der Waals surface area contributed by atoms with Crippen molar-refractivity contribution in [1.82, 2.24) is 10.2 Å². The van der Waals surface area contributed by atoms with Crippen molar-refractivity contribution in [2.24, 2.45) is 11.8 Å². The first-order valence-corrected chi connectivity index (χ1v) is 13.1. The molecule has 0 saturated carbocycles. The highest BCUT2D eigenvalue weighted by Crippen LogP contribution is 2.66. The molecule has 3 heterocycles. The number of hydrogen-bond acceptors (Lipinski definition) is 5. The summed E-state index contributed by atoms with van der Waals surface area (Å²) < 4.78 is -0.717. The van der Waals surface area contributed by atoms with Crippen LogP contribution in [-0.4, -0.2) is 56.4 Å². The van der Waals surface area contributed by atoms with Crippen molar-refractivity contribution < 1.29 is 19.5 Å². The second-order valence-corrected chi connectivity index (χ2v) is 11.5. The molecule has 7 nitrogen and oxygen atoms in total. The van der Waals surface area contributed by atoms with Gasteiger partial charge in [-0.3, -0.25) is 14.4 Å². The minimum atomic E-state index is -0.805. The Morgan fingerprint density at radius 2 is 1.89 bits per heavy atom. The molecule has 2 aromatic rings. The fraction of sp³-hybridized carbons (Fsp3) is 0.423. The number of carbonyl (C=O) groups excluding carboxylic acids is 3. The van der Waals surface area contributed by atoms with Gasteiger partial charge in [0.05, 0.1) is 39.9 Å². The maximum Gasteiger partial charge on any atom is 0.248 e. The highest BCUT2D eigenvalue weighted by Gasteiger charge is 2.74. The van der Waals surface area contributed by atoms with Crippen LogP contribution in [0.3, 0.4) is 0 Å². The molecule has 2 aromatic carbocycles. The summed E-state index contributed by atoms with van der Waals surface area (Å²) in [5, 5.41) is 16.2. The Labute approximate surface area is 213 Å². The molecule has 2 bridgehead atoms. The van der Waals surface area contributed by atoms with Gasteiger partial charge in [-0.1, -0.05) is 54.1 Å². The van der Waals surface area contributed by atoms with E-state index in [1.807, 2.05) is 30.3 Å². The third kappa shape index (κ3) is 4.01. The van der Waals surface area contributed by atoms with Crippen LogP contribution in [0.15, 0.2) is 54.6 Å². The van der Waals surface area contributed by atoms with Gasteiger partial charge in [0.2, 0.25) is 17.7 Å². The fourth-order valence-corrected chi connectivity index (χ4v) is 8.31. The van der Waals surface area contributed by atoms with Crippen LogP contribution in [0.2, 0.25) is 5.02 Å². The summed E-state index contributed by atoms with van der Waals surface area (Å²) in [7, 11) is 0. The zero-order valence-corrected chi connectivity index (χ0v) is 20.9. The van der Waals surface area contributed by atoms with Gasteiger partial charge in [-0.2, -0.15) is 0 Å². The van der Waals surface area contributed by atoms with Crippen molar-refractivity contribution in [3.63, 3.8) is 0 Å². The van der Waals surface area contributed by atoms with Gasteiger partial charge in [0.1, 0.15) is 6.04 Å². The Kier molecular flexibility index (Phi) is 6.55. The molecule has 9 heteroatoms. The second kappa shape index (κ2) is 9.48.